The zero-order valence-electron chi connectivity index (χ0n) is 8.80. The summed E-state index contributed by atoms with van der Waals surface area (Å²) in [4.78, 5) is 14.9. The van der Waals surface area contributed by atoms with Crippen molar-refractivity contribution in [3.8, 4) is 0 Å². The van der Waals surface area contributed by atoms with Crippen LogP contribution in [-0.2, 0) is 0 Å². The summed E-state index contributed by atoms with van der Waals surface area (Å²) >= 11 is 4.86. The number of rotatable bonds is 3. The van der Waals surface area contributed by atoms with Crippen molar-refractivity contribution in [3.05, 3.63) is 20.8 Å². The van der Waals surface area contributed by atoms with E-state index in [4.69, 9.17) is 0 Å². The second-order valence-corrected chi connectivity index (χ2v) is 5.65. The standard InChI is InChI=1S/C10H14BrNOS/c1-10(2,12(3)4)9(13)8-7(11)5-6-14-8/h5-6H,1-4H3. The van der Waals surface area contributed by atoms with Gasteiger partial charge in [0.2, 0.25) is 0 Å². The van der Waals surface area contributed by atoms with Crippen molar-refractivity contribution in [1.29, 1.82) is 0 Å². The number of carbonyl (C=O) groups is 1. The van der Waals surface area contributed by atoms with E-state index in [0.29, 0.717) is 0 Å². The molecule has 14 heavy (non-hydrogen) atoms. The second-order valence-electron chi connectivity index (χ2n) is 3.88. The minimum absolute atomic E-state index is 0.157. The summed E-state index contributed by atoms with van der Waals surface area (Å²) in [6, 6.07) is 1.91. The first-order valence-corrected chi connectivity index (χ1v) is 6.00. The predicted octanol–water partition coefficient (Wildman–Crippen LogP) is 3.03. The van der Waals surface area contributed by atoms with Gasteiger partial charge in [-0.25, -0.2) is 0 Å². The Morgan fingerprint density at radius 3 is 2.43 bits per heavy atom. The number of carbonyl (C=O) groups excluding carboxylic acids is 1. The van der Waals surface area contributed by atoms with E-state index in [9.17, 15) is 4.79 Å². The summed E-state index contributed by atoms with van der Waals surface area (Å²) in [5, 5.41) is 1.92. The Labute approximate surface area is 97.1 Å². The normalized spacial score (nSPS) is 12.1. The van der Waals surface area contributed by atoms with Gasteiger partial charge < -0.3 is 0 Å². The number of hydrogen-bond acceptors (Lipinski definition) is 3. The Kier molecular flexibility index (Phi) is 3.50. The molecule has 1 aromatic heterocycles. The van der Waals surface area contributed by atoms with E-state index in [1.807, 2.05) is 44.3 Å². The van der Waals surface area contributed by atoms with E-state index in [1.165, 1.54) is 11.3 Å². The third kappa shape index (κ3) is 2.07. The van der Waals surface area contributed by atoms with Crippen LogP contribution in [0.25, 0.3) is 0 Å². The van der Waals surface area contributed by atoms with Gasteiger partial charge >= 0.3 is 0 Å². The SMILES string of the molecule is CN(C)C(C)(C)C(=O)c1sccc1Br. The largest absolute Gasteiger partial charge is 0.297 e. The minimum atomic E-state index is -0.451. The van der Waals surface area contributed by atoms with Crippen LogP contribution < -0.4 is 0 Å². The van der Waals surface area contributed by atoms with Crippen LogP contribution in [0.5, 0.6) is 0 Å². The first-order valence-electron chi connectivity index (χ1n) is 4.32. The van der Waals surface area contributed by atoms with Crippen LogP contribution in [0.1, 0.15) is 23.5 Å². The first kappa shape index (κ1) is 11.9. The Balaban J connectivity index is 3.02. The summed E-state index contributed by atoms with van der Waals surface area (Å²) in [7, 11) is 3.83. The smallest absolute Gasteiger partial charge is 0.193 e. The van der Waals surface area contributed by atoms with Gasteiger partial charge in [-0.15, -0.1) is 11.3 Å². The Hall–Kier alpha value is -0.190. The number of Topliss-reactive ketones (excluding diaryl/α,β-unsaturated/α-hetero) is 1. The van der Waals surface area contributed by atoms with Gasteiger partial charge in [-0.05, 0) is 55.3 Å². The Morgan fingerprint density at radius 1 is 1.50 bits per heavy atom. The van der Waals surface area contributed by atoms with Gasteiger partial charge in [0.15, 0.2) is 5.78 Å². The summed E-state index contributed by atoms with van der Waals surface area (Å²) in [6.45, 7) is 3.86. The van der Waals surface area contributed by atoms with E-state index in [-0.39, 0.29) is 5.78 Å². The van der Waals surface area contributed by atoms with E-state index in [1.54, 1.807) is 0 Å². The third-order valence-corrected chi connectivity index (χ3v) is 4.33. The molecule has 0 radical (unpaired) electrons. The molecule has 2 nitrogen and oxygen atoms in total. The monoisotopic (exact) mass is 275 g/mol. The van der Waals surface area contributed by atoms with Crippen LogP contribution in [0.4, 0.5) is 0 Å². The molecule has 0 saturated heterocycles. The Morgan fingerprint density at radius 2 is 2.07 bits per heavy atom. The lowest BCUT2D eigenvalue weighted by atomic mass is 9.97. The molecule has 0 aliphatic rings. The summed E-state index contributed by atoms with van der Waals surface area (Å²) in [6.07, 6.45) is 0. The van der Waals surface area contributed by atoms with Crippen molar-refractivity contribution >= 4 is 33.0 Å². The van der Waals surface area contributed by atoms with Gasteiger partial charge in [0.25, 0.3) is 0 Å². The number of hydrogen-bond donors (Lipinski definition) is 0. The van der Waals surface area contributed by atoms with E-state index in [2.05, 4.69) is 15.9 Å². The molecule has 0 aliphatic carbocycles. The van der Waals surface area contributed by atoms with Crippen molar-refractivity contribution in [2.75, 3.05) is 14.1 Å². The zero-order chi connectivity index (χ0) is 10.9. The molecule has 0 fully saturated rings. The molecule has 1 heterocycles. The van der Waals surface area contributed by atoms with Gasteiger partial charge in [-0.1, -0.05) is 0 Å². The number of halogens is 1. The van der Waals surface area contributed by atoms with Crippen LogP contribution in [0.2, 0.25) is 0 Å². The van der Waals surface area contributed by atoms with E-state index < -0.39 is 5.54 Å². The van der Waals surface area contributed by atoms with Gasteiger partial charge in [0.05, 0.1) is 10.4 Å². The Bertz CT molecular complexity index is 344. The molecule has 0 spiro atoms. The molecule has 0 aliphatic heterocycles. The maximum absolute atomic E-state index is 12.1. The number of thiophene rings is 1. The summed E-state index contributed by atoms with van der Waals surface area (Å²) in [5.41, 5.74) is -0.451. The quantitative estimate of drug-likeness (QED) is 0.791. The van der Waals surface area contributed by atoms with Crippen LogP contribution >= 0.6 is 27.3 Å². The van der Waals surface area contributed by atoms with Gasteiger partial charge in [0.1, 0.15) is 0 Å². The third-order valence-electron chi connectivity index (χ3n) is 2.50. The van der Waals surface area contributed by atoms with Crippen molar-refractivity contribution in [2.24, 2.45) is 0 Å². The lowest BCUT2D eigenvalue weighted by Gasteiger charge is -2.30. The second kappa shape index (κ2) is 4.13. The fraction of sp³-hybridized carbons (Fsp3) is 0.500. The van der Waals surface area contributed by atoms with Crippen molar-refractivity contribution in [1.82, 2.24) is 4.90 Å². The molecule has 1 aromatic rings. The molecule has 0 amide bonds. The molecule has 0 saturated carbocycles. The van der Waals surface area contributed by atoms with Crippen LogP contribution in [0.3, 0.4) is 0 Å². The van der Waals surface area contributed by atoms with Crippen molar-refractivity contribution < 1.29 is 4.79 Å². The van der Waals surface area contributed by atoms with Gasteiger partial charge in [0, 0.05) is 4.47 Å². The number of likely N-dealkylation sites (N-methyl/N-ethyl adjacent to an activating group) is 1. The van der Waals surface area contributed by atoms with Crippen molar-refractivity contribution in [2.45, 2.75) is 19.4 Å². The number of nitrogens with zero attached hydrogens (tertiary/aromatic N) is 1. The molecule has 1 rings (SSSR count). The molecular formula is C10H14BrNOS. The summed E-state index contributed by atoms with van der Waals surface area (Å²) in [5.74, 6) is 0.157. The average Bonchev–Trinajstić information content (AvgIpc) is 2.49. The molecule has 0 unspecified atom stereocenters. The maximum Gasteiger partial charge on any atom is 0.193 e. The maximum atomic E-state index is 12.1. The highest BCUT2D eigenvalue weighted by molar-refractivity contribution is 9.10. The molecule has 78 valence electrons. The zero-order valence-corrected chi connectivity index (χ0v) is 11.2. The average molecular weight is 276 g/mol. The first-order chi connectivity index (χ1) is 6.37. The lowest BCUT2D eigenvalue weighted by molar-refractivity contribution is 0.0759. The predicted molar refractivity (Wildman–Crippen MR) is 64.1 cm³/mol. The highest BCUT2D eigenvalue weighted by Gasteiger charge is 2.32. The fourth-order valence-electron chi connectivity index (χ4n) is 0.937. The molecule has 4 heteroatoms. The minimum Gasteiger partial charge on any atom is -0.297 e. The van der Waals surface area contributed by atoms with Crippen LogP contribution in [0.15, 0.2) is 15.9 Å². The van der Waals surface area contributed by atoms with Gasteiger partial charge in [-0.2, -0.15) is 0 Å². The van der Waals surface area contributed by atoms with Crippen molar-refractivity contribution in [3.63, 3.8) is 0 Å². The van der Waals surface area contributed by atoms with Crippen LogP contribution in [0, 0.1) is 0 Å². The molecule has 0 bridgehead atoms. The number of ketones is 1. The lowest BCUT2D eigenvalue weighted by Crippen LogP contribution is -2.45. The molecule has 0 atom stereocenters. The highest BCUT2D eigenvalue weighted by atomic mass is 79.9. The highest BCUT2D eigenvalue weighted by Crippen LogP contribution is 2.28. The summed E-state index contributed by atoms with van der Waals surface area (Å²) < 4.78 is 0.891. The van der Waals surface area contributed by atoms with E-state index >= 15 is 0 Å². The molecular weight excluding hydrogens is 262 g/mol. The molecule has 0 aromatic carbocycles. The van der Waals surface area contributed by atoms with E-state index in [0.717, 1.165) is 9.35 Å². The topological polar surface area (TPSA) is 20.3 Å². The van der Waals surface area contributed by atoms with Crippen LogP contribution in [-0.4, -0.2) is 30.3 Å². The van der Waals surface area contributed by atoms with Gasteiger partial charge in [-0.3, -0.25) is 9.69 Å². The fourth-order valence-corrected chi connectivity index (χ4v) is 2.58. The molecule has 0 N–H and O–H groups in total.